The maximum Gasteiger partial charge on any atom is 0.228 e. The Bertz CT molecular complexity index is 1000. The number of pyridine rings is 1. The molecule has 1 atom stereocenters. The van der Waals surface area contributed by atoms with Gasteiger partial charge in [0, 0.05) is 13.1 Å². The second-order valence-corrected chi connectivity index (χ2v) is 7.24. The van der Waals surface area contributed by atoms with E-state index in [2.05, 4.69) is 30.7 Å². The van der Waals surface area contributed by atoms with Gasteiger partial charge in [0.15, 0.2) is 0 Å². The Balaban J connectivity index is 1.33. The summed E-state index contributed by atoms with van der Waals surface area (Å²) in [6.45, 7) is 1.41. The van der Waals surface area contributed by atoms with Gasteiger partial charge in [0.05, 0.1) is 29.9 Å². The Kier molecular flexibility index (Phi) is 5.64. The summed E-state index contributed by atoms with van der Waals surface area (Å²) in [7, 11) is 0. The van der Waals surface area contributed by atoms with Crippen molar-refractivity contribution in [3.63, 3.8) is 0 Å². The molecule has 4 rings (SSSR count). The number of nitrogens with one attached hydrogen (secondary N) is 1. The molecule has 1 fully saturated rings. The quantitative estimate of drug-likeness (QED) is 0.622. The number of aromatic nitrogens is 5. The van der Waals surface area contributed by atoms with Crippen LogP contribution in [-0.2, 0) is 16.0 Å². The number of anilines is 2. The summed E-state index contributed by atoms with van der Waals surface area (Å²) in [6, 6.07) is 11.1. The molecule has 0 spiro atoms. The van der Waals surface area contributed by atoms with Crippen molar-refractivity contribution in [2.75, 3.05) is 23.3 Å². The van der Waals surface area contributed by atoms with E-state index in [9.17, 15) is 9.59 Å². The molecule has 3 aromatic rings. The maximum atomic E-state index is 12.4. The fourth-order valence-corrected chi connectivity index (χ4v) is 3.50. The number of amides is 2. The molecule has 0 radical (unpaired) electrons. The molecule has 3 N–H and O–H groups in total. The van der Waals surface area contributed by atoms with E-state index in [1.54, 1.807) is 10.9 Å². The number of carbonyl (C=O) groups excluding carboxylic acids is 2. The highest BCUT2D eigenvalue weighted by Gasteiger charge is 2.24. The average molecular weight is 406 g/mol. The first-order valence-corrected chi connectivity index (χ1v) is 9.71. The van der Waals surface area contributed by atoms with Gasteiger partial charge in [-0.1, -0.05) is 12.1 Å². The van der Waals surface area contributed by atoms with Gasteiger partial charge in [-0.2, -0.15) is 0 Å². The number of nitrogens with two attached hydrogens (primary N) is 1. The van der Waals surface area contributed by atoms with Gasteiger partial charge in [-0.25, -0.2) is 9.67 Å². The lowest BCUT2D eigenvalue weighted by atomic mass is 9.97. The molecule has 0 saturated carbocycles. The molecule has 10 nitrogen and oxygen atoms in total. The third-order valence-corrected chi connectivity index (χ3v) is 5.09. The summed E-state index contributed by atoms with van der Waals surface area (Å²) in [5.41, 5.74) is 7.76. The minimum absolute atomic E-state index is 0.133. The molecule has 3 heterocycles. The van der Waals surface area contributed by atoms with Crippen LogP contribution in [0.15, 0.2) is 48.9 Å². The van der Waals surface area contributed by atoms with Crippen molar-refractivity contribution in [2.24, 2.45) is 11.7 Å². The van der Waals surface area contributed by atoms with Gasteiger partial charge >= 0.3 is 0 Å². The molecule has 1 aromatic carbocycles. The van der Waals surface area contributed by atoms with E-state index >= 15 is 0 Å². The topological polar surface area (TPSA) is 132 Å². The number of nitrogens with zero attached hydrogens (tertiary/aromatic N) is 6. The van der Waals surface area contributed by atoms with Gasteiger partial charge in [0.25, 0.3) is 0 Å². The third kappa shape index (κ3) is 4.59. The first-order valence-electron chi connectivity index (χ1n) is 9.71. The van der Waals surface area contributed by atoms with Crippen LogP contribution in [0.5, 0.6) is 0 Å². The van der Waals surface area contributed by atoms with E-state index in [4.69, 9.17) is 5.73 Å². The predicted octanol–water partition coefficient (Wildman–Crippen LogP) is 0.940. The van der Waals surface area contributed by atoms with Crippen molar-refractivity contribution in [3.8, 4) is 5.69 Å². The number of carbonyl (C=O) groups is 2. The Morgan fingerprint density at radius 1 is 1.17 bits per heavy atom. The minimum atomic E-state index is -0.269. The van der Waals surface area contributed by atoms with E-state index < -0.39 is 0 Å². The number of piperidine rings is 1. The van der Waals surface area contributed by atoms with Crippen LogP contribution in [0, 0.1) is 5.92 Å². The second kappa shape index (κ2) is 8.68. The smallest absolute Gasteiger partial charge is 0.228 e. The zero-order valence-electron chi connectivity index (χ0n) is 16.3. The van der Waals surface area contributed by atoms with E-state index in [0.717, 1.165) is 36.5 Å². The Morgan fingerprint density at radius 3 is 2.67 bits per heavy atom. The third-order valence-electron chi connectivity index (χ3n) is 5.09. The zero-order valence-corrected chi connectivity index (χ0v) is 16.3. The van der Waals surface area contributed by atoms with Crippen molar-refractivity contribution >= 4 is 23.3 Å². The highest BCUT2D eigenvalue weighted by atomic mass is 16.2. The summed E-state index contributed by atoms with van der Waals surface area (Å²) >= 11 is 0. The van der Waals surface area contributed by atoms with Crippen molar-refractivity contribution < 1.29 is 9.59 Å². The predicted molar refractivity (Wildman–Crippen MR) is 110 cm³/mol. The van der Waals surface area contributed by atoms with Gasteiger partial charge in [-0.3, -0.25) is 9.59 Å². The number of primary amides is 1. The molecule has 2 amide bonds. The van der Waals surface area contributed by atoms with Gasteiger partial charge < -0.3 is 16.0 Å². The molecule has 30 heavy (non-hydrogen) atoms. The average Bonchev–Trinajstić information content (AvgIpc) is 3.30. The summed E-state index contributed by atoms with van der Waals surface area (Å²) in [4.78, 5) is 30.3. The Morgan fingerprint density at radius 2 is 2.00 bits per heavy atom. The van der Waals surface area contributed by atoms with E-state index in [1.165, 1.54) is 6.33 Å². The van der Waals surface area contributed by atoms with E-state index in [0.29, 0.717) is 12.2 Å². The number of rotatable bonds is 6. The minimum Gasteiger partial charge on any atom is -0.369 e. The second-order valence-electron chi connectivity index (χ2n) is 7.24. The lowest BCUT2D eigenvalue weighted by Crippen LogP contribution is -2.41. The van der Waals surface area contributed by atoms with Gasteiger partial charge in [0.1, 0.15) is 12.1 Å². The SMILES string of the molecule is NC(=O)C1CCCN(c2ccc(NC(=O)Cc3ccc(-n4cnnn4)cc3)cn2)C1. The summed E-state index contributed by atoms with van der Waals surface area (Å²) < 4.78 is 1.55. The molecule has 10 heteroatoms. The van der Waals surface area contributed by atoms with Gasteiger partial charge in [0.2, 0.25) is 11.8 Å². The fraction of sp³-hybridized carbons (Fsp3) is 0.300. The van der Waals surface area contributed by atoms with E-state index in [-0.39, 0.29) is 24.2 Å². The Hall–Kier alpha value is -3.82. The molecule has 2 aromatic heterocycles. The fourth-order valence-electron chi connectivity index (χ4n) is 3.50. The van der Waals surface area contributed by atoms with Gasteiger partial charge in [-0.15, -0.1) is 5.10 Å². The monoisotopic (exact) mass is 406 g/mol. The van der Waals surface area contributed by atoms with Crippen LogP contribution in [0.3, 0.4) is 0 Å². The standard InChI is InChI=1S/C20H22N8O2/c21-20(30)15-2-1-9-27(12-15)18-8-5-16(11-22-18)24-19(29)10-14-3-6-17(7-4-14)28-13-23-25-26-28/h3-8,11,13,15H,1-2,9-10,12H2,(H2,21,30)(H,24,29). The normalized spacial score (nSPS) is 16.3. The summed E-state index contributed by atoms with van der Waals surface area (Å²) in [5, 5.41) is 13.9. The lowest BCUT2D eigenvalue weighted by Gasteiger charge is -2.32. The molecule has 0 aliphatic carbocycles. The van der Waals surface area contributed by atoms with Crippen molar-refractivity contribution in [1.82, 2.24) is 25.2 Å². The van der Waals surface area contributed by atoms with Crippen molar-refractivity contribution in [3.05, 3.63) is 54.5 Å². The maximum absolute atomic E-state index is 12.4. The molecule has 1 aliphatic heterocycles. The van der Waals surface area contributed by atoms with Crippen LogP contribution in [-0.4, -0.2) is 50.1 Å². The molecular formula is C20H22N8O2. The van der Waals surface area contributed by atoms with Crippen molar-refractivity contribution in [1.29, 1.82) is 0 Å². The molecule has 1 saturated heterocycles. The highest BCUT2D eigenvalue weighted by Crippen LogP contribution is 2.22. The zero-order chi connectivity index (χ0) is 20.9. The number of hydrogen-bond acceptors (Lipinski definition) is 7. The Labute approximate surface area is 173 Å². The molecule has 0 bridgehead atoms. The lowest BCUT2D eigenvalue weighted by molar-refractivity contribution is -0.122. The van der Waals surface area contributed by atoms with E-state index in [1.807, 2.05) is 36.4 Å². The number of hydrogen-bond donors (Lipinski definition) is 2. The first kappa shape index (κ1) is 19.5. The largest absolute Gasteiger partial charge is 0.369 e. The van der Waals surface area contributed by atoms with Crippen LogP contribution >= 0.6 is 0 Å². The van der Waals surface area contributed by atoms with Crippen LogP contribution < -0.4 is 16.0 Å². The summed E-state index contributed by atoms with van der Waals surface area (Å²) in [6.07, 6.45) is 5.10. The number of tetrazole rings is 1. The summed E-state index contributed by atoms with van der Waals surface area (Å²) in [5.74, 6) is 0.227. The van der Waals surface area contributed by atoms with Crippen molar-refractivity contribution in [2.45, 2.75) is 19.3 Å². The van der Waals surface area contributed by atoms with Crippen LogP contribution in [0.4, 0.5) is 11.5 Å². The highest BCUT2D eigenvalue weighted by molar-refractivity contribution is 5.92. The first-order chi connectivity index (χ1) is 14.6. The van der Waals surface area contributed by atoms with Crippen LogP contribution in [0.25, 0.3) is 5.69 Å². The molecule has 1 unspecified atom stereocenters. The van der Waals surface area contributed by atoms with Crippen LogP contribution in [0.1, 0.15) is 18.4 Å². The number of benzene rings is 1. The van der Waals surface area contributed by atoms with Crippen LogP contribution in [0.2, 0.25) is 0 Å². The molecule has 154 valence electrons. The molecular weight excluding hydrogens is 384 g/mol. The molecule has 1 aliphatic rings. The van der Waals surface area contributed by atoms with Gasteiger partial charge in [-0.05, 0) is 53.1 Å².